The zero-order valence-corrected chi connectivity index (χ0v) is 8.91. The Hall–Kier alpha value is -1.84. The fourth-order valence-electron chi connectivity index (χ4n) is 2.77. The van der Waals surface area contributed by atoms with Gasteiger partial charge in [-0.15, -0.1) is 0 Å². The number of hydrogen-bond acceptors (Lipinski definition) is 2. The number of nitrogens with one attached hydrogen (secondary N) is 2. The molecule has 1 spiro atoms. The highest BCUT2D eigenvalue weighted by atomic mass is 16.2. The van der Waals surface area contributed by atoms with Crippen molar-refractivity contribution in [3.8, 4) is 0 Å². The maximum absolute atomic E-state index is 11.9. The molecule has 3 amide bonds. The molecule has 0 bridgehead atoms. The summed E-state index contributed by atoms with van der Waals surface area (Å²) < 4.78 is 0. The monoisotopic (exact) mass is 216 g/mol. The van der Waals surface area contributed by atoms with E-state index in [-0.39, 0.29) is 17.9 Å². The lowest BCUT2D eigenvalue weighted by atomic mass is 9.86. The summed E-state index contributed by atoms with van der Waals surface area (Å²) in [7, 11) is 0. The first-order valence-electron chi connectivity index (χ1n) is 5.35. The number of carbonyl (C=O) groups is 2. The van der Waals surface area contributed by atoms with Gasteiger partial charge in [-0.05, 0) is 11.1 Å². The third kappa shape index (κ3) is 0.988. The van der Waals surface area contributed by atoms with Crippen LogP contribution in [-0.2, 0) is 11.2 Å². The highest BCUT2D eigenvalue weighted by molar-refractivity contribution is 6.08. The van der Waals surface area contributed by atoms with Crippen LogP contribution in [0.4, 0.5) is 4.79 Å². The normalized spacial score (nSPS) is 31.4. The third-order valence-electron chi connectivity index (χ3n) is 3.70. The van der Waals surface area contributed by atoms with Crippen molar-refractivity contribution in [2.24, 2.45) is 0 Å². The second-order valence-corrected chi connectivity index (χ2v) is 4.48. The van der Waals surface area contributed by atoms with Crippen LogP contribution in [0.25, 0.3) is 0 Å². The molecule has 4 heteroatoms. The van der Waals surface area contributed by atoms with Crippen LogP contribution in [0.5, 0.6) is 0 Å². The van der Waals surface area contributed by atoms with E-state index in [2.05, 4.69) is 10.6 Å². The van der Waals surface area contributed by atoms with Crippen LogP contribution in [0.1, 0.15) is 24.0 Å². The summed E-state index contributed by atoms with van der Waals surface area (Å²) in [5.41, 5.74) is 1.54. The SMILES string of the molecule is CC1c2ccccc2CC12NC(=O)NC2=O. The molecule has 4 nitrogen and oxygen atoms in total. The lowest BCUT2D eigenvalue weighted by Gasteiger charge is -2.25. The van der Waals surface area contributed by atoms with Crippen LogP contribution in [0.2, 0.25) is 0 Å². The van der Waals surface area contributed by atoms with Gasteiger partial charge in [0.15, 0.2) is 0 Å². The molecule has 1 saturated heterocycles. The van der Waals surface area contributed by atoms with Crippen LogP contribution in [0.15, 0.2) is 24.3 Å². The Bertz CT molecular complexity index is 498. The van der Waals surface area contributed by atoms with E-state index >= 15 is 0 Å². The minimum atomic E-state index is -0.763. The molecule has 1 fully saturated rings. The number of urea groups is 1. The maximum Gasteiger partial charge on any atom is 0.322 e. The van der Waals surface area contributed by atoms with Crippen molar-refractivity contribution in [1.82, 2.24) is 10.6 Å². The van der Waals surface area contributed by atoms with Gasteiger partial charge in [0.2, 0.25) is 0 Å². The van der Waals surface area contributed by atoms with Gasteiger partial charge in [-0.2, -0.15) is 0 Å². The summed E-state index contributed by atoms with van der Waals surface area (Å²) in [6.07, 6.45) is 0.585. The summed E-state index contributed by atoms with van der Waals surface area (Å²) in [4.78, 5) is 23.2. The molecule has 0 aromatic heterocycles. The number of hydrogen-bond donors (Lipinski definition) is 2. The summed E-state index contributed by atoms with van der Waals surface area (Å²) in [5, 5.41) is 5.10. The second-order valence-electron chi connectivity index (χ2n) is 4.48. The molecule has 1 aromatic rings. The van der Waals surface area contributed by atoms with E-state index in [4.69, 9.17) is 0 Å². The zero-order valence-electron chi connectivity index (χ0n) is 8.91. The zero-order chi connectivity index (χ0) is 11.3. The largest absolute Gasteiger partial charge is 0.322 e. The Labute approximate surface area is 93.0 Å². The molecule has 2 N–H and O–H groups in total. The quantitative estimate of drug-likeness (QED) is 0.634. The number of fused-ring (bicyclic) bond motifs is 1. The van der Waals surface area contributed by atoms with E-state index in [1.54, 1.807) is 0 Å². The van der Waals surface area contributed by atoms with Crippen molar-refractivity contribution in [2.75, 3.05) is 0 Å². The van der Waals surface area contributed by atoms with Gasteiger partial charge >= 0.3 is 6.03 Å². The molecule has 2 atom stereocenters. The first kappa shape index (κ1) is 9.39. The van der Waals surface area contributed by atoms with Gasteiger partial charge in [0.1, 0.15) is 5.54 Å². The predicted octanol–water partition coefficient (Wildman–Crippen LogP) is 0.924. The van der Waals surface area contributed by atoms with Gasteiger partial charge in [-0.3, -0.25) is 10.1 Å². The molecule has 1 heterocycles. The summed E-state index contributed by atoms with van der Waals surface area (Å²) in [6, 6.07) is 7.57. The molecular formula is C12H12N2O2. The van der Waals surface area contributed by atoms with Gasteiger partial charge in [0.05, 0.1) is 0 Å². The highest BCUT2D eigenvalue weighted by Crippen LogP contribution is 2.41. The Morgan fingerprint density at radius 3 is 2.69 bits per heavy atom. The lowest BCUT2D eigenvalue weighted by Crippen LogP contribution is -2.49. The van der Waals surface area contributed by atoms with Crippen LogP contribution in [0, 0.1) is 0 Å². The Kier molecular flexibility index (Phi) is 1.67. The minimum absolute atomic E-state index is 0.0233. The van der Waals surface area contributed by atoms with Crippen LogP contribution in [0.3, 0.4) is 0 Å². The van der Waals surface area contributed by atoms with Crippen molar-refractivity contribution >= 4 is 11.9 Å². The van der Waals surface area contributed by atoms with Crippen molar-refractivity contribution in [3.63, 3.8) is 0 Å². The molecule has 1 aromatic carbocycles. The van der Waals surface area contributed by atoms with Crippen LogP contribution in [-0.4, -0.2) is 17.5 Å². The average Bonchev–Trinajstić information content (AvgIpc) is 2.69. The van der Waals surface area contributed by atoms with Gasteiger partial charge in [-0.1, -0.05) is 31.2 Å². The molecule has 1 aliphatic heterocycles. The van der Waals surface area contributed by atoms with Gasteiger partial charge in [0.25, 0.3) is 5.91 Å². The molecule has 16 heavy (non-hydrogen) atoms. The minimum Gasteiger partial charge on any atom is -0.322 e. The average molecular weight is 216 g/mol. The van der Waals surface area contributed by atoms with Crippen LogP contribution >= 0.6 is 0 Å². The lowest BCUT2D eigenvalue weighted by molar-refractivity contribution is -0.124. The predicted molar refractivity (Wildman–Crippen MR) is 58.0 cm³/mol. The molecule has 1 aliphatic carbocycles. The number of rotatable bonds is 0. The van der Waals surface area contributed by atoms with E-state index in [1.165, 1.54) is 0 Å². The topological polar surface area (TPSA) is 58.2 Å². The van der Waals surface area contributed by atoms with Crippen molar-refractivity contribution in [2.45, 2.75) is 24.8 Å². The smallest absolute Gasteiger partial charge is 0.322 e. The van der Waals surface area contributed by atoms with Gasteiger partial charge < -0.3 is 5.32 Å². The Morgan fingerprint density at radius 2 is 2.06 bits per heavy atom. The third-order valence-corrected chi connectivity index (χ3v) is 3.70. The molecule has 0 radical (unpaired) electrons. The van der Waals surface area contributed by atoms with Crippen molar-refractivity contribution in [1.29, 1.82) is 0 Å². The van der Waals surface area contributed by atoms with Gasteiger partial charge in [0, 0.05) is 12.3 Å². The van der Waals surface area contributed by atoms with E-state index in [9.17, 15) is 9.59 Å². The maximum atomic E-state index is 11.9. The van der Waals surface area contributed by atoms with E-state index in [0.717, 1.165) is 11.1 Å². The molecule has 2 aliphatic rings. The molecular weight excluding hydrogens is 204 g/mol. The molecule has 2 unspecified atom stereocenters. The Morgan fingerprint density at radius 1 is 1.31 bits per heavy atom. The first-order valence-corrected chi connectivity index (χ1v) is 5.35. The number of benzene rings is 1. The van der Waals surface area contributed by atoms with Crippen LogP contribution < -0.4 is 10.6 Å². The highest BCUT2D eigenvalue weighted by Gasteiger charge is 2.54. The molecule has 0 saturated carbocycles. The number of amides is 3. The fourth-order valence-corrected chi connectivity index (χ4v) is 2.77. The van der Waals surface area contributed by atoms with E-state index in [1.807, 2.05) is 31.2 Å². The standard InChI is InChI=1S/C12H12N2O2/c1-7-9-5-3-2-4-8(9)6-12(7)10(15)13-11(16)14-12/h2-5,7H,6H2,1H3,(H2,13,14,15,16). The molecule has 3 rings (SSSR count). The van der Waals surface area contributed by atoms with Crippen molar-refractivity contribution in [3.05, 3.63) is 35.4 Å². The van der Waals surface area contributed by atoms with E-state index in [0.29, 0.717) is 6.42 Å². The van der Waals surface area contributed by atoms with E-state index < -0.39 is 5.54 Å². The number of carbonyl (C=O) groups excluding carboxylic acids is 2. The summed E-state index contributed by atoms with van der Waals surface area (Å²) >= 11 is 0. The summed E-state index contributed by atoms with van der Waals surface area (Å²) in [5.74, 6) is -0.184. The van der Waals surface area contributed by atoms with Gasteiger partial charge in [-0.25, -0.2) is 4.79 Å². The molecule has 82 valence electrons. The first-order chi connectivity index (χ1) is 7.63. The Balaban J connectivity index is 2.10. The fraction of sp³-hybridized carbons (Fsp3) is 0.333. The van der Waals surface area contributed by atoms with Crippen molar-refractivity contribution < 1.29 is 9.59 Å². The summed E-state index contributed by atoms with van der Waals surface area (Å²) in [6.45, 7) is 1.98. The number of imide groups is 1. The second kappa shape index (κ2) is 2.84.